The van der Waals surface area contributed by atoms with Crippen LogP contribution in [-0.4, -0.2) is 49.2 Å². The number of aliphatic imine (C=N–C) groups is 1. The van der Waals surface area contributed by atoms with Crippen molar-refractivity contribution in [2.24, 2.45) is 10.9 Å². The second-order valence-electron chi connectivity index (χ2n) is 7.01. The molecule has 0 saturated carbocycles. The van der Waals surface area contributed by atoms with Crippen molar-refractivity contribution in [3.63, 3.8) is 0 Å². The minimum Gasteiger partial charge on any atom is -0.361 e. The fourth-order valence-corrected chi connectivity index (χ4v) is 3.45. The maximum Gasteiger partial charge on any atom is 0.191 e. The minimum absolute atomic E-state index is 0. The highest BCUT2D eigenvalue weighted by molar-refractivity contribution is 14.0. The molecule has 1 aliphatic heterocycles. The number of aryl methyl sites for hydroxylation is 2. The fourth-order valence-electron chi connectivity index (χ4n) is 3.45. The van der Waals surface area contributed by atoms with Gasteiger partial charge in [0, 0.05) is 38.7 Å². The highest BCUT2D eigenvalue weighted by Gasteiger charge is 2.15. The van der Waals surface area contributed by atoms with Crippen LogP contribution in [0.2, 0.25) is 0 Å². The van der Waals surface area contributed by atoms with Crippen LogP contribution in [0.1, 0.15) is 57.1 Å². The summed E-state index contributed by atoms with van der Waals surface area (Å²) >= 11 is 0. The quantitative estimate of drug-likeness (QED) is 0.342. The molecule has 0 aromatic carbocycles. The molecular formula is C19H36IN5O. The molecule has 2 N–H and O–H groups in total. The van der Waals surface area contributed by atoms with E-state index in [-0.39, 0.29) is 24.0 Å². The van der Waals surface area contributed by atoms with Crippen molar-refractivity contribution in [1.82, 2.24) is 20.7 Å². The Labute approximate surface area is 175 Å². The van der Waals surface area contributed by atoms with Crippen LogP contribution in [0.3, 0.4) is 0 Å². The summed E-state index contributed by atoms with van der Waals surface area (Å²) in [6.07, 6.45) is 5.84. The lowest BCUT2D eigenvalue weighted by atomic mass is 10.1. The van der Waals surface area contributed by atoms with Gasteiger partial charge in [0.2, 0.25) is 0 Å². The SMILES string of the molecule is CCc1noc(CC)c1CNC(=NC)NCC(C)CN1CCCCC1.I. The molecular weight excluding hydrogens is 441 g/mol. The zero-order chi connectivity index (χ0) is 18.1. The van der Waals surface area contributed by atoms with Crippen molar-refractivity contribution >= 4 is 29.9 Å². The van der Waals surface area contributed by atoms with E-state index in [1.54, 1.807) is 0 Å². The highest BCUT2D eigenvalue weighted by atomic mass is 127. The van der Waals surface area contributed by atoms with E-state index in [0.717, 1.165) is 43.3 Å². The van der Waals surface area contributed by atoms with Gasteiger partial charge >= 0.3 is 0 Å². The molecule has 2 heterocycles. The second-order valence-corrected chi connectivity index (χ2v) is 7.01. The minimum atomic E-state index is 0. The maximum absolute atomic E-state index is 5.43. The molecule has 150 valence electrons. The maximum atomic E-state index is 5.43. The number of hydrogen-bond acceptors (Lipinski definition) is 4. The summed E-state index contributed by atoms with van der Waals surface area (Å²) in [5, 5.41) is 11.0. The number of nitrogens with one attached hydrogen (secondary N) is 2. The fraction of sp³-hybridized carbons (Fsp3) is 0.789. The van der Waals surface area contributed by atoms with Gasteiger partial charge in [0.15, 0.2) is 5.96 Å². The summed E-state index contributed by atoms with van der Waals surface area (Å²) in [7, 11) is 1.82. The molecule has 1 fully saturated rings. The zero-order valence-electron chi connectivity index (χ0n) is 16.8. The highest BCUT2D eigenvalue weighted by Crippen LogP contribution is 2.15. The predicted molar refractivity (Wildman–Crippen MR) is 118 cm³/mol. The summed E-state index contributed by atoms with van der Waals surface area (Å²) in [6.45, 7) is 11.8. The molecule has 0 aliphatic carbocycles. The number of piperidine rings is 1. The number of rotatable bonds is 8. The van der Waals surface area contributed by atoms with E-state index in [0.29, 0.717) is 12.5 Å². The Morgan fingerprint density at radius 2 is 1.92 bits per heavy atom. The molecule has 0 radical (unpaired) electrons. The molecule has 7 heteroatoms. The van der Waals surface area contributed by atoms with Crippen LogP contribution in [-0.2, 0) is 19.4 Å². The molecule has 1 unspecified atom stereocenters. The van der Waals surface area contributed by atoms with Gasteiger partial charge in [-0.1, -0.05) is 32.3 Å². The van der Waals surface area contributed by atoms with E-state index < -0.39 is 0 Å². The van der Waals surface area contributed by atoms with Crippen LogP contribution in [0.25, 0.3) is 0 Å². The van der Waals surface area contributed by atoms with Gasteiger partial charge in [0.25, 0.3) is 0 Å². The van der Waals surface area contributed by atoms with Crippen molar-refractivity contribution in [2.75, 3.05) is 33.2 Å². The third kappa shape index (κ3) is 7.06. The molecule has 1 aliphatic rings. The molecule has 0 amide bonds. The number of nitrogens with zero attached hydrogens (tertiary/aromatic N) is 3. The van der Waals surface area contributed by atoms with Crippen molar-refractivity contribution in [3.8, 4) is 0 Å². The number of likely N-dealkylation sites (tertiary alicyclic amines) is 1. The number of hydrogen-bond donors (Lipinski definition) is 2. The van der Waals surface area contributed by atoms with Gasteiger partial charge in [-0.05, 0) is 38.3 Å². The van der Waals surface area contributed by atoms with Crippen LogP contribution < -0.4 is 10.6 Å². The molecule has 1 saturated heterocycles. The Bertz CT molecular complexity index is 519. The van der Waals surface area contributed by atoms with Crippen molar-refractivity contribution in [3.05, 3.63) is 17.0 Å². The Morgan fingerprint density at radius 1 is 1.19 bits per heavy atom. The van der Waals surface area contributed by atoms with E-state index in [2.05, 4.69) is 46.5 Å². The number of halogens is 1. The van der Waals surface area contributed by atoms with E-state index >= 15 is 0 Å². The lowest BCUT2D eigenvalue weighted by molar-refractivity contribution is 0.201. The average Bonchev–Trinajstić information content (AvgIpc) is 3.04. The largest absolute Gasteiger partial charge is 0.361 e. The van der Waals surface area contributed by atoms with Gasteiger partial charge in [0.1, 0.15) is 5.76 Å². The van der Waals surface area contributed by atoms with E-state index in [4.69, 9.17) is 4.52 Å². The summed E-state index contributed by atoms with van der Waals surface area (Å²) in [5.41, 5.74) is 2.22. The molecule has 1 aromatic heterocycles. The van der Waals surface area contributed by atoms with Gasteiger partial charge < -0.3 is 20.1 Å². The Hall–Kier alpha value is -0.830. The zero-order valence-corrected chi connectivity index (χ0v) is 19.1. The van der Waals surface area contributed by atoms with Crippen molar-refractivity contribution in [1.29, 1.82) is 0 Å². The lowest BCUT2D eigenvalue weighted by Crippen LogP contribution is -2.42. The van der Waals surface area contributed by atoms with Crippen LogP contribution in [0.4, 0.5) is 0 Å². The van der Waals surface area contributed by atoms with Gasteiger partial charge in [-0.25, -0.2) is 0 Å². The summed E-state index contributed by atoms with van der Waals surface area (Å²) in [6, 6.07) is 0. The van der Waals surface area contributed by atoms with Crippen molar-refractivity contribution < 1.29 is 4.52 Å². The van der Waals surface area contributed by atoms with E-state index in [1.807, 2.05) is 7.05 Å². The Morgan fingerprint density at radius 3 is 2.54 bits per heavy atom. The Balaban J connectivity index is 0.00000338. The lowest BCUT2D eigenvalue weighted by Gasteiger charge is -2.29. The van der Waals surface area contributed by atoms with Crippen LogP contribution >= 0.6 is 24.0 Å². The third-order valence-corrected chi connectivity index (χ3v) is 4.90. The molecule has 26 heavy (non-hydrogen) atoms. The van der Waals surface area contributed by atoms with Crippen LogP contribution in [0, 0.1) is 5.92 Å². The first kappa shape index (κ1) is 23.2. The monoisotopic (exact) mass is 477 g/mol. The standard InChI is InChI=1S/C19H35N5O.HI/c1-5-17-16(18(6-2)25-23-17)13-22-19(20-4)21-12-15(3)14-24-10-8-7-9-11-24;/h15H,5-14H2,1-4H3,(H2,20,21,22);1H. The van der Waals surface area contributed by atoms with Gasteiger partial charge in [-0.2, -0.15) is 0 Å². The number of guanidine groups is 1. The Kier molecular flexibility index (Phi) is 11.2. The van der Waals surface area contributed by atoms with Gasteiger partial charge in [0.05, 0.1) is 5.69 Å². The van der Waals surface area contributed by atoms with Crippen molar-refractivity contribution in [2.45, 2.75) is 59.4 Å². The normalized spacial score (nSPS) is 16.8. The second kappa shape index (κ2) is 12.5. The molecule has 0 spiro atoms. The third-order valence-electron chi connectivity index (χ3n) is 4.90. The summed E-state index contributed by atoms with van der Waals surface area (Å²) in [5.74, 6) is 2.42. The molecule has 2 rings (SSSR count). The first-order valence-corrected chi connectivity index (χ1v) is 9.81. The average molecular weight is 477 g/mol. The number of aromatic nitrogens is 1. The van der Waals surface area contributed by atoms with E-state index in [9.17, 15) is 0 Å². The van der Waals surface area contributed by atoms with E-state index in [1.165, 1.54) is 37.9 Å². The summed E-state index contributed by atoms with van der Waals surface area (Å²) in [4.78, 5) is 6.93. The smallest absolute Gasteiger partial charge is 0.191 e. The van der Waals surface area contributed by atoms with Gasteiger partial charge in [-0.3, -0.25) is 4.99 Å². The molecule has 1 atom stereocenters. The van der Waals surface area contributed by atoms with Gasteiger partial charge in [-0.15, -0.1) is 24.0 Å². The molecule has 0 bridgehead atoms. The molecule has 6 nitrogen and oxygen atoms in total. The first-order chi connectivity index (χ1) is 12.2. The summed E-state index contributed by atoms with van der Waals surface area (Å²) < 4.78 is 5.43. The molecule has 1 aromatic rings. The topological polar surface area (TPSA) is 65.7 Å². The van der Waals surface area contributed by atoms with Crippen LogP contribution in [0.5, 0.6) is 0 Å². The first-order valence-electron chi connectivity index (χ1n) is 9.81. The predicted octanol–water partition coefficient (Wildman–Crippen LogP) is 3.20. The van der Waals surface area contributed by atoms with Crippen LogP contribution in [0.15, 0.2) is 9.52 Å².